The lowest BCUT2D eigenvalue weighted by Gasteiger charge is -2.28. The molecular weight excluding hydrogens is 424 g/mol. The summed E-state index contributed by atoms with van der Waals surface area (Å²) < 4.78 is 0. The number of anilines is 1. The normalized spacial score (nSPS) is 10.5. The van der Waals surface area contributed by atoms with Crippen molar-refractivity contribution >= 4 is 52.1 Å². The first-order chi connectivity index (χ1) is 13.0. The van der Waals surface area contributed by atoms with Crippen LogP contribution in [0.3, 0.4) is 0 Å². The molecule has 27 heavy (non-hydrogen) atoms. The van der Waals surface area contributed by atoms with Crippen molar-refractivity contribution in [3.63, 3.8) is 0 Å². The van der Waals surface area contributed by atoms with Gasteiger partial charge >= 0.3 is 0 Å². The van der Waals surface area contributed by atoms with Crippen molar-refractivity contribution in [3.05, 3.63) is 91.6 Å². The molecule has 0 saturated carbocycles. The molecule has 0 aliphatic heterocycles. The number of rotatable bonds is 5. The van der Waals surface area contributed by atoms with Crippen LogP contribution in [0.1, 0.15) is 16.7 Å². The van der Waals surface area contributed by atoms with E-state index in [9.17, 15) is 5.26 Å². The van der Waals surface area contributed by atoms with Gasteiger partial charge in [-0.25, -0.2) is 4.98 Å². The minimum atomic E-state index is 0.0131. The Morgan fingerprint density at radius 2 is 1.52 bits per heavy atom. The molecule has 1 heterocycles. The van der Waals surface area contributed by atoms with Crippen molar-refractivity contribution in [2.75, 3.05) is 4.90 Å². The maximum absolute atomic E-state index is 9.62. The number of aromatic nitrogens is 1. The van der Waals surface area contributed by atoms with Gasteiger partial charge in [-0.2, -0.15) is 5.26 Å². The van der Waals surface area contributed by atoms with Crippen LogP contribution in [-0.4, -0.2) is 4.98 Å². The molecule has 0 amide bonds. The van der Waals surface area contributed by atoms with Crippen LogP contribution >= 0.6 is 46.4 Å². The molecule has 7 heteroatoms. The SMILES string of the molecule is N#Cc1c(Cl)nc(Cl)c(Cl)c1N(Cc1ccccc1)Cc1ccccc1Cl. The highest BCUT2D eigenvalue weighted by Gasteiger charge is 2.23. The lowest BCUT2D eigenvalue weighted by molar-refractivity contribution is 0.797. The van der Waals surface area contributed by atoms with Gasteiger partial charge in [0, 0.05) is 18.1 Å². The summed E-state index contributed by atoms with van der Waals surface area (Å²) in [5.74, 6) is 0. The predicted molar refractivity (Wildman–Crippen MR) is 112 cm³/mol. The highest BCUT2D eigenvalue weighted by Crippen LogP contribution is 2.39. The van der Waals surface area contributed by atoms with Crippen LogP contribution in [0.15, 0.2) is 54.6 Å². The molecule has 3 aromatic rings. The molecule has 0 atom stereocenters. The summed E-state index contributed by atoms with van der Waals surface area (Å²) >= 11 is 25.1. The fraction of sp³-hybridized carbons (Fsp3) is 0.100. The monoisotopic (exact) mass is 435 g/mol. The van der Waals surface area contributed by atoms with Crippen molar-refractivity contribution in [1.82, 2.24) is 4.98 Å². The molecule has 0 saturated heterocycles. The maximum Gasteiger partial charge on any atom is 0.151 e. The molecule has 3 rings (SSSR count). The largest absolute Gasteiger partial charge is 0.360 e. The zero-order chi connectivity index (χ0) is 19.4. The van der Waals surface area contributed by atoms with Gasteiger partial charge in [0.2, 0.25) is 0 Å². The van der Waals surface area contributed by atoms with Crippen LogP contribution in [-0.2, 0) is 13.1 Å². The van der Waals surface area contributed by atoms with E-state index >= 15 is 0 Å². The molecule has 0 bridgehead atoms. The van der Waals surface area contributed by atoms with Crippen LogP contribution in [0.2, 0.25) is 20.4 Å². The number of halogens is 4. The van der Waals surface area contributed by atoms with E-state index in [1.807, 2.05) is 59.5 Å². The van der Waals surface area contributed by atoms with Gasteiger partial charge in [-0.1, -0.05) is 94.9 Å². The number of hydrogen-bond acceptors (Lipinski definition) is 3. The summed E-state index contributed by atoms with van der Waals surface area (Å²) in [7, 11) is 0. The third-order valence-corrected chi connectivity index (χ3v) is 5.36. The Bertz CT molecular complexity index is 1000. The molecule has 0 radical (unpaired) electrons. The summed E-state index contributed by atoms with van der Waals surface area (Å²) in [4.78, 5) is 5.87. The first-order valence-corrected chi connectivity index (χ1v) is 9.49. The Balaban J connectivity index is 2.13. The zero-order valence-corrected chi connectivity index (χ0v) is 17.0. The minimum Gasteiger partial charge on any atom is -0.360 e. The van der Waals surface area contributed by atoms with Crippen LogP contribution in [0.4, 0.5) is 5.69 Å². The Morgan fingerprint density at radius 1 is 0.852 bits per heavy atom. The second-order valence-electron chi connectivity index (χ2n) is 5.78. The second-order valence-corrected chi connectivity index (χ2v) is 7.28. The minimum absolute atomic E-state index is 0.0131. The van der Waals surface area contributed by atoms with E-state index in [-0.39, 0.29) is 20.9 Å². The van der Waals surface area contributed by atoms with E-state index in [2.05, 4.69) is 11.1 Å². The van der Waals surface area contributed by atoms with Gasteiger partial charge in [-0.15, -0.1) is 0 Å². The number of benzene rings is 2. The van der Waals surface area contributed by atoms with E-state index in [1.165, 1.54) is 0 Å². The summed E-state index contributed by atoms with van der Waals surface area (Å²) in [5, 5.41) is 10.5. The van der Waals surface area contributed by atoms with E-state index in [4.69, 9.17) is 46.4 Å². The molecule has 0 aliphatic rings. The second kappa shape index (κ2) is 8.82. The molecule has 0 aliphatic carbocycles. The van der Waals surface area contributed by atoms with Gasteiger partial charge in [0.25, 0.3) is 0 Å². The highest BCUT2D eigenvalue weighted by atomic mass is 35.5. The lowest BCUT2D eigenvalue weighted by Crippen LogP contribution is -2.24. The highest BCUT2D eigenvalue weighted by molar-refractivity contribution is 6.44. The molecule has 0 unspecified atom stereocenters. The third-order valence-electron chi connectivity index (χ3n) is 3.99. The topological polar surface area (TPSA) is 39.9 Å². The Morgan fingerprint density at radius 3 is 2.19 bits per heavy atom. The fourth-order valence-corrected chi connectivity index (χ4v) is 3.63. The van der Waals surface area contributed by atoms with E-state index < -0.39 is 0 Å². The Kier molecular flexibility index (Phi) is 6.46. The van der Waals surface area contributed by atoms with Crippen molar-refractivity contribution in [3.8, 4) is 6.07 Å². The lowest BCUT2D eigenvalue weighted by atomic mass is 10.1. The van der Waals surface area contributed by atoms with Gasteiger partial charge in [0.1, 0.15) is 16.7 Å². The zero-order valence-electron chi connectivity index (χ0n) is 14.0. The van der Waals surface area contributed by atoms with Crippen molar-refractivity contribution in [2.24, 2.45) is 0 Å². The molecule has 1 aromatic heterocycles. The van der Waals surface area contributed by atoms with Crippen molar-refractivity contribution < 1.29 is 0 Å². The maximum atomic E-state index is 9.62. The van der Waals surface area contributed by atoms with Crippen molar-refractivity contribution in [1.29, 1.82) is 5.26 Å². The first-order valence-electron chi connectivity index (χ1n) is 7.98. The van der Waals surface area contributed by atoms with Gasteiger partial charge in [0.05, 0.1) is 5.69 Å². The van der Waals surface area contributed by atoms with Crippen LogP contribution in [0.25, 0.3) is 0 Å². The summed E-state index contributed by atoms with van der Waals surface area (Å²) in [6, 6.07) is 19.4. The molecular formula is C20H13Cl4N3. The average molecular weight is 437 g/mol. The summed E-state index contributed by atoms with van der Waals surface area (Å²) in [6.45, 7) is 0.900. The molecule has 2 aromatic carbocycles. The Hall–Kier alpha value is -1.96. The number of pyridine rings is 1. The quantitative estimate of drug-likeness (QED) is 0.414. The van der Waals surface area contributed by atoms with Gasteiger partial charge in [0.15, 0.2) is 10.3 Å². The van der Waals surface area contributed by atoms with Gasteiger partial charge in [-0.3, -0.25) is 0 Å². The van der Waals surface area contributed by atoms with Crippen LogP contribution < -0.4 is 4.90 Å². The predicted octanol–water partition coefficient (Wildman–Crippen LogP) is 6.77. The van der Waals surface area contributed by atoms with E-state index in [0.29, 0.717) is 23.8 Å². The van der Waals surface area contributed by atoms with E-state index in [0.717, 1.165) is 11.1 Å². The standard InChI is InChI=1S/C20H13Cl4N3/c21-16-9-5-4-8-14(16)12-27(11-13-6-2-1-3-7-13)18-15(10-25)19(23)26-20(24)17(18)22/h1-9H,11-12H2. The molecule has 136 valence electrons. The summed E-state index contributed by atoms with van der Waals surface area (Å²) in [6.07, 6.45) is 0. The van der Waals surface area contributed by atoms with Gasteiger partial charge < -0.3 is 4.90 Å². The third kappa shape index (κ3) is 4.48. The first kappa shape index (κ1) is 19.8. The van der Waals surface area contributed by atoms with Crippen molar-refractivity contribution in [2.45, 2.75) is 13.1 Å². The number of hydrogen-bond donors (Lipinski definition) is 0. The number of nitriles is 1. The molecule has 0 N–H and O–H groups in total. The molecule has 3 nitrogen and oxygen atoms in total. The van der Waals surface area contributed by atoms with Crippen LogP contribution in [0, 0.1) is 11.3 Å². The van der Waals surface area contributed by atoms with E-state index in [1.54, 1.807) is 0 Å². The fourth-order valence-electron chi connectivity index (χ4n) is 2.74. The molecule has 0 spiro atoms. The smallest absolute Gasteiger partial charge is 0.151 e. The average Bonchev–Trinajstić information content (AvgIpc) is 2.66. The number of nitrogens with zero attached hydrogens (tertiary/aromatic N) is 3. The Labute approximate surface area is 177 Å². The summed E-state index contributed by atoms with van der Waals surface area (Å²) in [5.41, 5.74) is 2.54. The van der Waals surface area contributed by atoms with Crippen LogP contribution in [0.5, 0.6) is 0 Å². The van der Waals surface area contributed by atoms with Gasteiger partial charge in [-0.05, 0) is 17.2 Å². The molecule has 0 fully saturated rings.